The van der Waals surface area contributed by atoms with Gasteiger partial charge in [-0.3, -0.25) is 9.36 Å². The summed E-state index contributed by atoms with van der Waals surface area (Å²) in [6, 6.07) is 19.2. The zero-order valence-corrected chi connectivity index (χ0v) is 25.8. The number of esters is 1. The van der Waals surface area contributed by atoms with E-state index in [2.05, 4.69) is 21.9 Å². The number of fused-ring (bicyclic) bond motifs is 1. The first kappa shape index (κ1) is 29.4. The number of halogens is 2. The fourth-order valence-corrected chi connectivity index (χ4v) is 6.33. The summed E-state index contributed by atoms with van der Waals surface area (Å²) in [4.78, 5) is 32.9. The number of hydrogen-bond donors (Lipinski definition) is 0. The predicted molar refractivity (Wildman–Crippen MR) is 168 cm³/mol. The van der Waals surface area contributed by atoms with E-state index in [1.807, 2.05) is 36.4 Å². The Bertz CT molecular complexity index is 1910. The number of aromatic nitrogens is 1. The highest BCUT2D eigenvalue weighted by atomic mass is 79.9. The van der Waals surface area contributed by atoms with Crippen LogP contribution in [0, 0.1) is 12.3 Å². The Morgan fingerprint density at radius 2 is 1.93 bits per heavy atom. The van der Waals surface area contributed by atoms with Crippen LogP contribution in [0.4, 0.5) is 0 Å². The molecular weight excluding hydrogens is 640 g/mol. The molecule has 1 aromatic heterocycles. The first-order valence-corrected chi connectivity index (χ1v) is 14.8. The second kappa shape index (κ2) is 12.8. The van der Waals surface area contributed by atoms with Gasteiger partial charge in [0.05, 0.1) is 40.0 Å². The van der Waals surface area contributed by atoms with E-state index >= 15 is 0 Å². The number of terminal acetylenes is 1. The van der Waals surface area contributed by atoms with Crippen LogP contribution in [0.5, 0.6) is 11.5 Å². The lowest BCUT2D eigenvalue weighted by molar-refractivity contribution is -0.138. The maximum atomic E-state index is 14.1. The summed E-state index contributed by atoms with van der Waals surface area (Å²) < 4.78 is 19.2. The van der Waals surface area contributed by atoms with Crippen molar-refractivity contribution in [1.29, 1.82) is 0 Å². The molecule has 1 atom stereocenters. The van der Waals surface area contributed by atoms with Crippen LogP contribution in [0.25, 0.3) is 11.8 Å². The van der Waals surface area contributed by atoms with Crippen molar-refractivity contribution in [2.75, 3.05) is 20.3 Å². The molecule has 42 heavy (non-hydrogen) atoms. The quantitative estimate of drug-likeness (QED) is 0.187. The average molecular weight is 664 g/mol. The first-order chi connectivity index (χ1) is 20.4. The smallest absolute Gasteiger partial charge is 0.338 e. The summed E-state index contributed by atoms with van der Waals surface area (Å²) in [5.74, 6) is 2.80. The number of carbonyl (C=O) groups excluding carboxylic acids is 1. The molecule has 0 saturated heterocycles. The van der Waals surface area contributed by atoms with E-state index in [0.717, 1.165) is 5.56 Å². The molecule has 0 saturated carbocycles. The van der Waals surface area contributed by atoms with Gasteiger partial charge in [0.15, 0.2) is 16.3 Å². The largest absolute Gasteiger partial charge is 0.493 e. The number of carbonyl (C=O) groups is 1. The lowest BCUT2D eigenvalue weighted by Crippen LogP contribution is -2.40. The molecule has 0 N–H and O–H groups in total. The number of ether oxygens (including phenoxy) is 3. The van der Waals surface area contributed by atoms with Crippen molar-refractivity contribution in [3.05, 3.63) is 118 Å². The number of hydrogen-bond acceptors (Lipinski definition) is 7. The lowest BCUT2D eigenvalue weighted by Gasteiger charge is -2.25. The number of methoxy groups -OCH3 is 1. The maximum absolute atomic E-state index is 14.1. The molecule has 3 aromatic carbocycles. The average Bonchev–Trinajstić information content (AvgIpc) is 3.30. The number of nitrogens with zero attached hydrogens (tertiary/aromatic N) is 2. The van der Waals surface area contributed by atoms with Crippen molar-refractivity contribution >= 4 is 56.6 Å². The van der Waals surface area contributed by atoms with Crippen molar-refractivity contribution in [3.8, 4) is 23.8 Å². The summed E-state index contributed by atoms with van der Waals surface area (Å²) >= 11 is 10.9. The second-order valence-electron chi connectivity index (χ2n) is 9.01. The minimum absolute atomic E-state index is 0.0736. The molecule has 0 bridgehead atoms. The van der Waals surface area contributed by atoms with Crippen LogP contribution < -0.4 is 24.4 Å². The molecule has 212 valence electrons. The predicted octanol–water partition coefficient (Wildman–Crippen LogP) is 5.37. The van der Waals surface area contributed by atoms with Crippen LogP contribution in [-0.2, 0) is 9.53 Å². The molecular formula is C32H24BrClN2O5S. The van der Waals surface area contributed by atoms with Gasteiger partial charge < -0.3 is 14.2 Å². The Morgan fingerprint density at radius 1 is 1.19 bits per heavy atom. The van der Waals surface area contributed by atoms with Crippen LogP contribution in [-0.4, -0.2) is 30.9 Å². The van der Waals surface area contributed by atoms with E-state index < -0.39 is 12.0 Å². The highest BCUT2D eigenvalue weighted by molar-refractivity contribution is 9.10. The van der Waals surface area contributed by atoms with E-state index in [9.17, 15) is 9.59 Å². The normalized spacial score (nSPS) is 14.5. The van der Waals surface area contributed by atoms with Gasteiger partial charge in [-0.1, -0.05) is 71.3 Å². The van der Waals surface area contributed by atoms with Gasteiger partial charge in [-0.25, -0.2) is 9.79 Å². The summed E-state index contributed by atoms with van der Waals surface area (Å²) in [7, 11) is 1.52. The molecule has 0 spiro atoms. The Hall–Kier alpha value is -4.10. The van der Waals surface area contributed by atoms with Gasteiger partial charge in [-0.05, 0) is 64.3 Å². The highest BCUT2D eigenvalue weighted by Gasteiger charge is 2.35. The van der Waals surface area contributed by atoms with Crippen molar-refractivity contribution in [3.63, 3.8) is 0 Å². The van der Waals surface area contributed by atoms with Crippen LogP contribution in [0.3, 0.4) is 0 Å². The maximum Gasteiger partial charge on any atom is 0.338 e. The van der Waals surface area contributed by atoms with Crippen LogP contribution >= 0.6 is 38.9 Å². The zero-order chi connectivity index (χ0) is 29.8. The summed E-state index contributed by atoms with van der Waals surface area (Å²) in [5.41, 5.74) is 2.51. The van der Waals surface area contributed by atoms with Crippen LogP contribution in [0.15, 0.2) is 86.6 Å². The van der Waals surface area contributed by atoms with Crippen LogP contribution in [0.2, 0.25) is 5.02 Å². The van der Waals surface area contributed by atoms with Gasteiger partial charge in [0, 0.05) is 10.6 Å². The summed E-state index contributed by atoms with van der Waals surface area (Å²) in [5, 5.41) is 0.533. The van der Waals surface area contributed by atoms with E-state index in [4.69, 9.17) is 37.2 Å². The molecule has 7 nitrogen and oxygen atoms in total. The third-order valence-electron chi connectivity index (χ3n) is 6.41. The van der Waals surface area contributed by atoms with Crippen molar-refractivity contribution < 1.29 is 19.0 Å². The Balaban J connectivity index is 1.77. The van der Waals surface area contributed by atoms with Gasteiger partial charge >= 0.3 is 5.97 Å². The fraction of sp³-hybridized carbons (Fsp3) is 0.156. The number of rotatable bonds is 8. The molecule has 0 fully saturated rings. The van der Waals surface area contributed by atoms with Gasteiger partial charge in [0.1, 0.15) is 6.61 Å². The Morgan fingerprint density at radius 3 is 2.60 bits per heavy atom. The fourth-order valence-electron chi connectivity index (χ4n) is 4.63. The molecule has 5 rings (SSSR count). The van der Waals surface area contributed by atoms with Gasteiger partial charge in [-0.15, -0.1) is 6.42 Å². The first-order valence-electron chi connectivity index (χ1n) is 12.8. The van der Waals surface area contributed by atoms with Crippen molar-refractivity contribution in [2.24, 2.45) is 4.99 Å². The molecule has 10 heteroatoms. The standard InChI is InChI=1S/C32H24BrClN2O5S/c1-4-15-41-29-23(33)16-19(17-24(29)39-3)18-25-30(37)36-28(21-11-13-22(34)14-12-21)26(31(38)40-5-2)27(35-32(36)42-25)20-9-7-6-8-10-20/h1,6-14,16-18,28H,5,15H2,2-3H3/b25-18-/t28-/m1/s1. The third-order valence-corrected chi connectivity index (χ3v) is 8.23. The van der Waals surface area contributed by atoms with Crippen molar-refractivity contribution in [1.82, 2.24) is 4.57 Å². The van der Waals surface area contributed by atoms with E-state index in [-0.39, 0.29) is 24.3 Å². The zero-order valence-electron chi connectivity index (χ0n) is 22.6. The van der Waals surface area contributed by atoms with E-state index in [0.29, 0.717) is 47.2 Å². The van der Waals surface area contributed by atoms with Gasteiger partial charge in [0.25, 0.3) is 5.56 Å². The molecule has 1 aliphatic rings. The topological polar surface area (TPSA) is 79.1 Å². The molecule has 0 aliphatic carbocycles. The summed E-state index contributed by atoms with van der Waals surface area (Å²) in [6.07, 6.45) is 7.09. The lowest BCUT2D eigenvalue weighted by atomic mass is 9.93. The van der Waals surface area contributed by atoms with E-state index in [1.54, 1.807) is 43.3 Å². The minimum Gasteiger partial charge on any atom is -0.493 e. The SMILES string of the molecule is C#CCOc1c(Br)cc(/C=c2\sc3n(c2=O)[C@H](c2ccc(Cl)cc2)C(C(=O)OCC)=C(c2ccccc2)N=3)cc1OC. The van der Waals surface area contributed by atoms with E-state index in [1.165, 1.54) is 23.0 Å². The molecule has 0 amide bonds. The molecule has 2 heterocycles. The molecule has 4 aromatic rings. The summed E-state index contributed by atoms with van der Waals surface area (Å²) in [6.45, 7) is 1.98. The Labute approximate surface area is 259 Å². The monoisotopic (exact) mass is 662 g/mol. The third kappa shape index (κ3) is 5.79. The molecule has 1 aliphatic heterocycles. The van der Waals surface area contributed by atoms with Gasteiger partial charge in [0.2, 0.25) is 0 Å². The number of thiazole rings is 1. The van der Waals surface area contributed by atoms with Crippen molar-refractivity contribution in [2.45, 2.75) is 13.0 Å². The molecule has 0 radical (unpaired) electrons. The minimum atomic E-state index is -0.796. The highest BCUT2D eigenvalue weighted by Crippen LogP contribution is 2.37. The molecule has 0 unspecified atom stereocenters. The number of benzene rings is 3. The second-order valence-corrected chi connectivity index (χ2v) is 11.3. The van der Waals surface area contributed by atoms with Gasteiger partial charge in [-0.2, -0.15) is 0 Å². The van der Waals surface area contributed by atoms with Crippen LogP contribution in [0.1, 0.15) is 29.7 Å². The Kier molecular flexibility index (Phi) is 8.97.